The fraction of sp³-hybridized carbons (Fsp3) is 0.750. The van der Waals surface area contributed by atoms with E-state index in [1.54, 1.807) is 6.92 Å². The average Bonchev–Trinajstić information content (AvgIpc) is 2.00. The second-order valence-corrected chi connectivity index (χ2v) is 2.79. The highest BCUT2D eigenvalue weighted by molar-refractivity contribution is 5.80. The van der Waals surface area contributed by atoms with Crippen molar-refractivity contribution in [2.24, 2.45) is 0 Å². The first-order chi connectivity index (χ1) is 6.06. The summed E-state index contributed by atoms with van der Waals surface area (Å²) in [7, 11) is 0. The number of carbonyl (C=O) groups excluding carboxylic acids is 2. The van der Waals surface area contributed by atoms with Crippen LogP contribution in [0.5, 0.6) is 0 Å². The lowest BCUT2D eigenvalue weighted by atomic mass is 10.4. The van der Waals surface area contributed by atoms with Gasteiger partial charge in [0.25, 0.3) is 0 Å². The van der Waals surface area contributed by atoms with Gasteiger partial charge in [-0.3, -0.25) is 4.79 Å². The second kappa shape index (κ2) is 6.28. The molecule has 76 valence electrons. The van der Waals surface area contributed by atoms with Crippen LogP contribution in [-0.2, 0) is 9.53 Å². The minimum atomic E-state index is -0.429. The summed E-state index contributed by atoms with van der Waals surface area (Å²) in [4.78, 5) is 21.7. The van der Waals surface area contributed by atoms with Crippen LogP contribution >= 0.6 is 0 Å². The highest BCUT2D eigenvalue weighted by Gasteiger charge is 2.05. The Bertz CT molecular complexity index is 180. The van der Waals surface area contributed by atoms with Gasteiger partial charge in [-0.2, -0.15) is 0 Å². The molecule has 0 atom stereocenters. The maximum absolute atomic E-state index is 10.9. The van der Waals surface area contributed by atoms with Crippen LogP contribution in [0.1, 0.15) is 20.8 Å². The van der Waals surface area contributed by atoms with Crippen LogP contribution in [-0.4, -0.2) is 31.2 Å². The number of esters is 1. The minimum absolute atomic E-state index is 0.0576. The Kier molecular flexibility index (Phi) is 5.67. The van der Waals surface area contributed by atoms with Crippen molar-refractivity contribution >= 4 is 12.0 Å². The van der Waals surface area contributed by atoms with E-state index in [4.69, 9.17) is 0 Å². The van der Waals surface area contributed by atoms with Crippen molar-refractivity contribution < 1.29 is 14.3 Å². The molecule has 0 aromatic heterocycles. The number of rotatable bonds is 4. The van der Waals surface area contributed by atoms with Gasteiger partial charge in [-0.25, -0.2) is 4.79 Å². The van der Waals surface area contributed by atoms with Gasteiger partial charge in [0, 0.05) is 6.04 Å². The molecule has 0 spiro atoms. The number of amides is 2. The molecule has 0 aliphatic heterocycles. The SMILES string of the molecule is CCOC(=O)CNC(=O)NC(C)C. The van der Waals surface area contributed by atoms with Crippen LogP contribution in [0.4, 0.5) is 4.79 Å². The molecule has 0 aromatic rings. The van der Waals surface area contributed by atoms with E-state index in [1.165, 1.54) is 0 Å². The van der Waals surface area contributed by atoms with Gasteiger partial charge in [-0.15, -0.1) is 0 Å². The highest BCUT2D eigenvalue weighted by Crippen LogP contribution is 1.78. The van der Waals surface area contributed by atoms with Crippen LogP contribution in [0.2, 0.25) is 0 Å². The monoisotopic (exact) mass is 188 g/mol. The van der Waals surface area contributed by atoms with E-state index >= 15 is 0 Å². The number of nitrogens with one attached hydrogen (secondary N) is 2. The molecule has 5 nitrogen and oxygen atoms in total. The van der Waals surface area contributed by atoms with Crippen LogP contribution in [0.25, 0.3) is 0 Å². The second-order valence-electron chi connectivity index (χ2n) is 2.79. The molecule has 13 heavy (non-hydrogen) atoms. The van der Waals surface area contributed by atoms with E-state index in [0.717, 1.165) is 0 Å². The van der Waals surface area contributed by atoms with Gasteiger partial charge >= 0.3 is 12.0 Å². The summed E-state index contributed by atoms with van der Waals surface area (Å²) in [5, 5.41) is 4.96. The first-order valence-electron chi connectivity index (χ1n) is 4.26. The Morgan fingerprint density at radius 3 is 2.46 bits per heavy atom. The predicted molar refractivity (Wildman–Crippen MR) is 48.3 cm³/mol. The van der Waals surface area contributed by atoms with Crippen LogP contribution < -0.4 is 10.6 Å². The highest BCUT2D eigenvalue weighted by atomic mass is 16.5. The Labute approximate surface area is 77.8 Å². The molecular weight excluding hydrogens is 172 g/mol. The molecule has 0 unspecified atom stereocenters. The minimum Gasteiger partial charge on any atom is -0.465 e. The van der Waals surface area contributed by atoms with Gasteiger partial charge in [0.15, 0.2) is 0 Å². The largest absolute Gasteiger partial charge is 0.465 e. The molecule has 0 aliphatic rings. The maximum atomic E-state index is 10.9. The Morgan fingerprint density at radius 1 is 1.38 bits per heavy atom. The third-order valence-electron chi connectivity index (χ3n) is 1.12. The zero-order chi connectivity index (χ0) is 10.3. The molecule has 0 rings (SSSR count). The predicted octanol–water partition coefficient (Wildman–Crippen LogP) is 0.257. The third-order valence-corrected chi connectivity index (χ3v) is 1.12. The fourth-order valence-electron chi connectivity index (χ4n) is 0.678. The molecule has 0 saturated heterocycles. The molecule has 0 saturated carbocycles. The van der Waals surface area contributed by atoms with E-state index in [0.29, 0.717) is 6.61 Å². The lowest BCUT2D eigenvalue weighted by Gasteiger charge is -2.09. The normalized spacial score (nSPS) is 9.54. The summed E-state index contributed by atoms with van der Waals surface area (Å²) >= 11 is 0. The van der Waals surface area contributed by atoms with Crippen LogP contribution in [0.3, 0.4) is 0 Å². The quantitative estimate of drug-likeness (QED) is 0.622. The molecule has 0 radical (unpaired) electrons. The van der Waals surface area contributed by atoms with E-state index in [9.17, 15) is 9.59 Å². The summed E-state index contributed by atoms with van der Waals surface area (Å²) in [6.45, 7) is 5.62. The maximum Gasteiger partial charge on any atom is 0.325 e. The summed E-state index contributed by atoms with van der Waals surface area (Å²) < 4.78 is 4.62. The van der Waals surface area contributed by atoms with Crippen molar-refractivity contribution in [1.82, 2.24) is 10.6 Å². The first kappa shape index (κ1) is 11.7. The van der Waals surface area contributed by atoms with Gasteiger partial charge in [0.05, 0.1) is 6.61 Å². The fourth-order valence-corrected chi connectivity index (χ4v) is 0.678. The molecule has 0 heterocycles. The topological polar surface area (TPSA) is 67.4 Å². The summed E-state index contributed by atoms with van der Waals surface area (Å²) in [6.07, 6.45) is 0. The molecule has 0 aliphatic carbocycles. The molecule has 2 amide bonds. The van der Waals surface area contributed by atoms with Gasteiger partial charge in [0.2, 0.25) is 0 Å². The molecule has 2 N–H and O–H groups in total. The van der Waals surface area contributed by atoms with Crippen LogP contribution in [0.15, 0.2) is 0 Å². The molecule has 5 heteroatoms. The van der Waals surface area contributed by atoms with Crippen molar-refractivity contribution in [3.05, 3.63) is 0 Å². The zero-order valence-corrected chi connectivity index (χ0v) is 8.22. The van der Waals surface area contributed by atoms with E-state index in [-0.39, 0.29) is 18.6 Å². The van der Waals surface area contributed by atoms with Gasteiger partial charge in [-0.1, -0.05) is 0 Å². The van der Waals surface area contributed by atoms with Crippen LogP contribution in [0, 0.1) is 0 Å². The zero-order valence-electron chi connectivity index (χ0n) is 8.22. The van der Waals surface area contributed by atoms with Gasteiger partial charge in [-0.05, 0) is 20.8 Å². The Morgan fingerprint density at radius 2 is 2.00 bits per heavy atom. The third kappa shape index (κ3) is 7.11. The van der Waals surface area contributed by atoms with E-state index in [2.05, 4.69) is 15.4 Å². The molecule has 0 aromatic carbocycles. The number of ether oxygens (including phenoxy) is 1. The summed E-state index contributed by atoms with van der Waals surface area (Å²) in [5.74, 6) is -0.429. The average molecular weight is 188 g/mol. The summed E-state index contributed by atoms with van der Waals surface area (Å²) in [6, 6.07) is -0.301. The number of hydrogen-bond donors (Lipinski definition) is 2. The Hall–Kier alpha value is -1.26. The van der Waals surface area contributed by atoms with Gasteiger partial charge in [0.1, 0.15) is 6.54 Å². The molecule has 0 bridgehead atoms. The first-order valence-corrected chi connectivity index (χ1v) is 4.26. The van der Waals surface area contributed by atoms with Crippen molar-refractivity contribution in [3.63, 3.8) is 0 Å². The van der Waals surface area contributed by atoms with E-state index < -0.39 is 5.97 Å². The van der Waals surface area contributed by atoms with Crippen molar-refractivity contribution in [2.45, 2.75) is 26.8 Å². The lowest BCUT2D eigenvalue weighted by Crippen LogP contribution is -2.41. The smallest absolute Gasteiger partial charge is 0.325 e. The van der Waals surface area contributed by atoms with E-state index in [1.807, 2.05) is 13.8 Å². The number of urea groups is 1. The van der Waals surface area contributed by atoms with Crippen molar-refractivity contribution in [2.75, 3.05) is 13.2 Å². The Balaban J connectivity index is 3.52. The van der Waals surface area contributed by atoms with Gasteiger partial charge < -0.3 is 15.4 Å². The van der Waals surface area contributed by atoms with Crippen molar-refractivity contribution in [1.29, 1.82) is 0 Å². The summed E-state index contributed by atoms with van der Waals surface area (Å²) in [5.41, 5.74) is 0. The molecule has 0 fully saturated rings. The number of carbonyl (C=O) groups is 2. The lowest BCUT2D eigenvalue weighted by molar-refractivity contribution is -0.141. The molecular formula is C8H16N2O3. The van der Waals surface area contributed by atoms with Crippen molar-refractivity contribution in [3.8, 4) is 0 Å². The standard InChI is InChI=1S/C8H16N2O3/c1-4-13-7(11)5-9-8(12)10-6(2)3/h6H,4-5H2,1-3H3,(H2,9,10,12). The number of hydrogen-bond acceptors (Lipinski definition) is 3.